The fraction of sp³-hybridized carbons (Fsp3) is 0.500. The van der Waals surface area contributed by atoms with Crippen LogP contribution in [0.25, 0.3) is 12.2 Å². The number of benzene rings is 2. The van der Waals surface area contributed by atoms with E-state index in [1.807, 2.05) is 0 Å². The molecule has 2 rings (SSSR count). The highest BCUT2D eigenvalue weighted by Gasteiger charge is 2.19. The summed E-state index contributed by atoms with van der Waals surface area (Å²) in [6.45, 7) is 18.3. The molecule has 1 atom stereocenters. The second-order valence-corrected chi connectivity index (χ2v) is 15.6. The zero-order valence-electron chi connectivity index (χ0n) is 35.0. The number of allylic oxidation sites excluding steroid dienone is 2. The number of amides is 3. The topological polar surface area (TPSA) is 186 Å². The molecule has 0 saturated heterocycles. The average Bonchev–Trinajstić information content (AvgIpc) is 3.09. The number of ketones is 2. The number of hydrogen-bond acceptors (Lipinski definition) is 12. The van der Waals surface area contributed by atoms with Crippen molar-refractivity contribution in [3.05, 3.63) is 59.7 Å². The lowest BCUT2D eigenvalue weighted by Gasteiger charge is -2.20. The summed E-state index contributed by atoms with van der Waals surface area (Å²) < 4.78 is 38.6. The first-order valence-electron chi connectivity index (χ1n) is 18.6. The van der Waals surface area contributed by atoms with Gasteiger partial charge >= 0.3 is 18.3 Å². The summed E-state index contributed by atoms with van der Waals surface area (Å²) in [5.74, 6) is -0.224. The molecule has 0 aliphatic rings. The van der Waals surface area contributed by atoms with E-state index in [0.717, 1.165) is 0 Å². The summed E-state index contributed by atoms with van der Waals surface area (Å²) in [5, 5.41) is 7.87. The van der Waals surface area contributed by atoms with Gasteiger partial charge in [0.2, 0.25) is 0 Å². The van der Waals surface area contributed by atoms with E-state index < -0.39 is 52.6 Å². The molecular formula is C42H59N3O12. The summed E-state index contributed by atoms with van der Waals surface area (Å²) in [5.41, 5.74) is -0.673. The highest BCUT2D eigenvalue weighted by Crippen LogP contribution is 2.30. The van der Waals surface area contributed by atoms with Gasteiger partial charge in [-0.05, 0) is 117 Å². The predicted molar refractivity (Wildman–Crippen MR) is 216 cm³/mol. The largest absolute Gasteiger partial charge is 0.493 e. The molecule has 1 unspecified atom stereocenters. The predicted octanol–water partition coefficient (Wildman–Crippen LogP) is 6.91. The molecule has 0 aliphatic heterocycles. The SMILES string of the molecule is COc1cc(/C=C/C(=O)C(C)C(=O)/C=C/c2ccc(OCCNC(=O)OC(C)(C)C)c(OCCNC(=O)OC(C)(C)C)c2)ccc1OCCNC(=O)OC(C)(C)C. The average molecular weight is 798 g/mol. The Morgan fingerprint density at radius 2 is 0.877 bits per heavy atom. The third-order valence-corrected chi connectivity index (χ3v) is 6.97. The van der Waals surface area contributed by atoms with Gasteiger partial charge in [0.15, 0.2) is 34.6 Å². The Morgan fingerprint density at radius 1 is 0.544 bits per heavy atom. The smallest absolute Gasteiger partial charge is 0.407 e. The molecule has 0 heterocycles. The van der Waals surface area contributed by atoms with Crippen LogP contribution in [0.15, 0.2) is 48.6 Å². The van der Waals surface area contributed by atoms with Crippen LogP contribution >= 0.6 is 0 Å². The highest BCUT2D eigenvalue weighted by atomic mass is 16.6. The van der Waals surface area contributed by atoms with Gasteiger partial charge in [-0.25, -0.2) is 14.4 Å². The maximum Gasteiger partial charge on any atom is 0.407 e. The van der Waals surface area contributed by atoms with E-state index in [2.05, 4.69) is 16.0 Å². The summed E-state index contributed by atoms with van der Waals surface area (Å²) in [6, 6.07) is 10.1. The minimum absolute atomic E-state index is 0.0741. The molecule has 57 heavy (non-hydrogen) atoms. The molecule has 314 valence electrons. The molecule has 3 N–H and O–H groups in total. The minimum Gasteiger partial charge on any atom is -0.493 e. The van der Waals surface area contributed by atoms with Crippen molar-refractivity contribution < 1.29 is 57.1 Å². The third kappa shape index (κ3) is 20.1. The van der Waals surface area contributed by atoms with Gasteiger partial charge in [0.25, 0.3) is 0 Å². The van der Waals surface area contributed by atoms with E-state index in [1.165, 1.54) is 26.2 Å². The van der Waals surface area contributed by atoms with E-state index in [-0.39, 0.29) is 39.5 Å². The number of methoxy groups -OCH3 is 1. The van der Waals surface area contributed by atoms with Crippen molar-refractivity contribution in [2.75, 3.05) is 46.6 Å². The Labute approximate surface area is 335 Å². The van der Waals surface area contributed by atoms with Crippen molar-refractivity contribution in [2.45, 2.75) is 86.0 Å². The fourth-order valence-electron chi connectivity index (χ4n) is 4.44. The number of carbonyl (C=O) groups excluding carboxylic acids is 5. The van der Waals surface area contributed by atoms with Gasteiger partial charge in [0.1, 0.15) is 36.6 Å². The first kappa shape index (κ1) is 47.4. The van der Waals surface area contributed by atoms with Gasteiger partial charge in [-0.1, -0.05) is 24.3 Å². The van der Waals surface area contributed by atoms with Crippen LogP contribution in [-0.4, -0.2) is 93.2 Å². The number of alkyl carbamates (subject to hydrolysis) is 3. The van der Waals surface area contributed by atoms with E-state index >= 15 is 0 Å². The lowest BCUT2D eigenvalue weighted by Crippen LogP contribution is -2.35. The van der Waals surface area contributed by atoms with Crippen molar-refractivity contribution >= 4 is 42.0 Å². The number of carbonyl (C=O) groups is 5. The lowest BCUT2D eigenvalue weighted by atomic mass is 9.99. The van der Waals surface area contributed by atoms with Crippen molar-refractivity contribution in [3.63, 3.8) is 0 Å². The maximum atomic E-state index is 13.0. The Kier molecular flexibility index (Phi) is 18.4. The highest BCUT2D eigenvalue weighted by molar-refractivity contribution is 6.13. The van der Waals surface area contributed by atoms with Gasteiger partial charge in [0.05, 0.1) is 32.7 Å². The maximum absolute atomic E-state index is 13.0. The molecule has 0 fully saturated rings. The second-order valence-electron chi connectivity index (χ2n) is 15.6. The van der Waals surface area contributed by atoms with E-state index in [9.17, 15) is 24.0 Å². The van der Waals surface area contributed by atoms with Crippen LogP contribution in [0.4, 0.5) is 14.4 Å². The summed E-state index contributed by atoms with van der Waals surface area (Å²) in [6.07, 6.45) is 4.08. The molecule has 15 heteroatoms. The lowest BCUT2D eigenvalue weighted by molar-refractivity contribution is -0.126. The number of ether oxygens (including phenoxy) is 7. The standard InChI is InChI=1S/C42H59N3O12/c1-28(31(46)16-12-29-14-18-33(35(26-29)51-11)52-23-20-43-37(48)55-40(2,3)4)32(47)17-13-30-15-19-34(53-24-21-44-38(49)56-41(5,6)7)36(27-30)54-25-22-45-39(50)57-42(8,9)10/h12-19,26-28H,20-25H2,1-11H3,(H,43,48)(H,44,49)(H,45,50)/b16-12+,17-13+. The zero-order chi connectivity index (χ0) is 42.8. The zero-order valence-corrected chi connectivity index (χ0v) is 35.0. The van der Waals surface area contributed by atoms with Gasteiger partial charge < -0.3 is 49.1 Å². The van der Waals surface area contributed by atoms with Crippen LogP contribution < -0.4 is 34.9 Å². The Bertz CT molecular complexity index is 1730. The molecule has 2 aromatic rings. The first-order valence-corrected chi connectivity index (χ1v) is 18.6. The van der Waals surface area contributed by atoms with Crippen LogP contribution in [0.5, 0.6) is 23.0 Å². The molecule has 0 spiro atoms. The Balaban J connectivity index is 2.04. The molecule has 3 amide bonds. The summed E-state index contributed by atoms with van der Waals surface area (Å²) in [7, 11) is 1.49. The molecule has 15 nitrogen and oxygen atoms in total. The molecule has 2 aromatic carbocycles. The Hall–Kier alpha value is -5.73. The normalized spacial score (nSPS) is 12.3. The van der Waals surface area contributed by atoms with Crippen LogP contribution in [0, 0.1) is 5.92 Å². The fourth-order valence-corrected chi connectivity index (χ4v) is 4.44. The number of rotatable bonds is 19. The van der Waals surface area contributed by atoms with Crippen LogP contribution in [0.1, 0.15) is 80.4 Å². The second kappa shape index (κ2) is 22.1. The number of nitrogens with one attached hydrogen (secondary N) is 3. The van der Waals surface area contributed by atoms with Crippen molar-refractivity contribution in [3.8, 4) is 23.0 Å². The summed E-state index contributed by atoms with van der Waals surface area (Å²) in [4.78, 5) is 61.9. The van der Waals surface area contributed by atoms with E-state index in [4.69, 9.17) is 33.2 Å². The van der Waals surface area contributed by atoms with Gasteiger partial charge in [-0.2, -0.15) is 0 Å². The van der Waals surface area contributed by atoms with Crippen LogP contribution in [0.2, 0.25) is 0 Å². The molecular weight excluding hydrogens is 738 g/mol. The molecule has 0 aliphatic carbocycles. The monoisotopic (exact) mass is 797 g/mol. The molecule has 0 radical (unpaired) electrons. The number of hydrogen-bond donors (Lipinski definition) is 3. The van der Waals surface area contributed by atoms with Crippen molar-refractivity contribution in [1.29, 1.82) is 0 Å². The van der Waals surface area contributed by atoms with Gasteiger partial charge in [-0.3, -0.25) is 9.59 Å². The quantitative estimate of drug-likeness (QED) is 0.0579. The molecule has 0 aromatic heterocycles. The molecule has 0 saturated carbocycles. The van der Waals surface area contributed by atoms with Crippen molar-refractivity contribution in [2.24, 2.45) is 5.92 Å². The Morgan fingerprint density at radius 3 is 1.23 bits per heavy atom. The molecule has 0 bridgehead atoms. The van der Waals surface area contributed by atoms with E-state index in [1.54, 1.807) is 111 Å². The van der Waals surface area contributed by atoms with Crippen molar-refractivity contribution in [1.82, 2.24) is 16.0 Å². The summed E-state index contributed by atoms with van der Waals surface area (Å²) >= 11 is 0. The minimum atomic E-state index is -0.964. The van der Waals surface area contributed by atoms with E-state index in [0.29, 0.717) is 34.1 Å². The third-order valence-electron chi connectivity index (χ3n) is 6.97. The van der Waals surface area contributed by atoms with Crippen LogP contribution in [0.3, 0.4) is 0 Å². The van der Waals surface area contributed by atoms with Gasteiger partial charge in [0, 0.05) is 0 Å². The van der Waals surface area contributed by atoms with Crippen LogP contribution in [-0.2, 0) is 23.8 Å². The van der Waals surface area contributed by atoms with Gasteiger partial charge in [-0.15, -0.1) is 0 Å². The first-order chi connectivity index (χ1) is 26.5.